The summed E-state index contributed by atoms with van der Waals surface area (Å²) in [5.41, 5.74) is 1.11. The van der Waals surface area contributed by atoms with Crippen LogP contribution in [-0.4, -0.2) is 44.4 Å². The molecule has 3 rings (SSSR count). The SMILES string of the molecule is COc1ccc(C(C(=O)NC(C)(C)C)N2Cc3cnnn3CC2=O)cc1. The summed E-state index contributed by atoms with van der Waals surface area (Å²) in [6, 6.07) is 6.45. The minimum absolute atomic E-state index is 0.0742. The molecule has 0 saturated carbocycles. The molecule has 0 spiro atoms. The van der Waals surface area contributed by atoms with Crippen molar-refractivity contribution >= 4 is 11.8 Å². The van der Waals surface area contributed by atoms with E-state index < -0.39 is 11.6 Å². The summed E-state index contributed by atoms with van der Waals surface area (Å²) in [6.45, 7) is 6.08. The highest BCUT2D eigenvalue weighted by molar-refractivity contribution is 5.89. The second kappa shape index (κ2) is 6.78. The molecule has 1 aromatic heterocycles. The molecule has 8 heteroatoms. The van der Waals surface area contributed by atoms with Gasteiger partial charge in [0, 0.05) is 5.54 Å². The van der Waals surface area contributed by atoms with Gasteiger partial charge >= 0.3 is 0 Å². The van der Waals surface area contributed by atoms with Crippen LogP contribution in [0.4, 0.5) is 0 Å². The van der Waals surface area contributed by atoms with Gasteiger partial charge in [0.05, 0.1) is 25.5 Å². The zero-order chi connectivity index (χ0) is 18.9. The fourth-order valence-electron chi connectivity index (χ4n) is 2.95. The molecule has 1 unspecified atom stereocenters. The van der Waals surface area contributed by atoms with Crippen molar-refractivity contribution in [1.82, 2.24) is 25.2 Å². The second-order valence-corrected chi connectivity index (χ2v) is 7.32. The Hall–Kier alpha value is -2.90. The fraction of sp³-hybridized carbons (Fsp3) is 0.444. The molecule has 138 valence electrons. The highest BCUT2D eigenvalue weighted by Gasteiger charge is 2.36. The monoisotopic (exact) mass is 357 g/mol. The first kappa shape index (κ1) is 17.9. The van der Waals surface area contributed by atoms with Crippen molar-refractivity contribution in [3.8, 4) is 5.75 Å². The lowest BCUT2D eigenvalue weighted by Gasteiger charge is -2.35. The number of methoxy groups -OCH3 is 1. The molecule has 8 nitrogen and oxygen atoms in total. The van der Waals surface area contributed by atoms with E-state index >= 15 is 0 Å². The maximum Gasteiger partial charge on any atom is 0.247 e. The maximum absolute atomic E-state index is 13.0. The van der Waals surface area contributed by atoms with Crippen LogP contribution in [-0.2, 0) is 22.7 Å². The number of aromatic nitrogens is 3. The lowest BCUT2D eigenvalue weighted by Crippen LogP contribution is -2.51. The molecule has 0 saturated heterocycles. The van der Waals surface area contributed by atoms with Crippen LogP contribution in [0.3, 0.4) is 0 Å². The number of carbonyl (C=O) groups is 2. The van der Waals surface area contributed by atoms with E-state index in [0.29, 0.717) is 5.75 Å². The number of carbonyl (C=O) groups excluding carboxylic acids is 2. The Labute approximate surface area is 152 Å². The second-order valence-electron chi connectivity index (χ2n) is 7.32. The van der Waals surface area contributed by atoms with E-state index in [2.05, 4.69) is 15.6 Å². The lowest BCUT2D eigenvalue weighted by atomic mass is 10.0. The Bertz CT molecular complexity index is 807. The van der Waals surface area contributed by atoms with E-state index in [4.69, 9.17) is 4.74 Å². The summed E-state index contributed by atoms with van der Waals surface area (Å²) in [5.74, 6) is 0.292. The standard InChI is InChI=1S/C18H23N5O3/c1-18(2,3)20-17(25)16(12-5-7-14(26-4)8-6-12)22-10-13-9-19-21-23(13)11-15(22)24/h5-9,16H,10-11H2,1-4H3,(H,20,25). The van der Waals surface area contributed by atoms with Crippen molar-refractivity contribution in [2.24, 2.45) is 0 Å². The van der Waals surface area contributed by atoms with E-state index in [1.165, 1.54) is 0 Å². The minimum atomic E-state index is -0.740. The summed E-state index contributed by atoms with van der Waals surface area (Å²) >= 11 is 0. The first-order valence-corrected chi connectivity index (χ1v) is 8.41. The molecule has 0 fully saturated rings. The third-order valence-corrected chi connectivity index (χ3v) is 4.13. The Morgan fingerprint density at radius 3 is 2.54 bits per heavy atom. The quantitative estimate of drug-likeness (QED) is 0.890. The molecule has 1 aliphatic heterocycles. The Kier molecular flexibility index (Phi) is 4.67. The molecule has 26 heavy (non-hydrogen) atoms. The van der Waals surface area contributed by atoms with Crippen molar-refractivity contribution in [3.63, 3.8) is 0 Å². The molecule has 0 radical (unpaired) electrons. The van der Waals surface area contributed by atoms with Gasteiger partial charge in [0.15, 0.2) is 0 Å². The number of rotatable bonds is 4. The van der Waals surface area contributed by atoms with Crippen LogP contribution in [0.2, 0.25) is 0 Å². The average molecular weight is 357 g/mol. The van der Waals surface area contributed by atoms with E-state index in [1.807, 2.05) is 32.9 Å². The summed E-state index contributed by atoms with van der Waals surface area (Å²) in [4.78, 5) is 27.3. The third kappa shape index (κ3) is 3.68. The molecular weight excluding hydrogens is 334 g/mol. The summed E-state index contributed by atoms with van der Waals surface area (Å²) in [7, 11) is 1.58. The lowest BCUT2D eigenvalue weighted by molar-refractivity contribution is -0.144. The molecule has 1 aromatic carbocycles. The molecule has 0 aliphatic carbocycles. The number of nitrogens with zero attached hydrogens (tertiary/aromatic N) is 4. The van der Waals surface area contributed by atoms with Gasteiger partial charge in [-0.05, 0) is 38.5 Å². The molecule has 2 heterocycles. The predicted octanol–water partition coefficient (Wildman–Crippen LogP) is 1.28. The third-order valence-electron chi connectivity index (χ3n) is 4.13. The van der Waals surface area contributed by atoms with Gasteiger partial charge in [0.1, 0.15) is 18.3 Å². The number of benzene rings is 1. The Morgan fingerprint density at radius 1 is 1.23 bits per heavy atom. The Morgan fingerprint density at radius 2 is 1.92 bits per heavy atom. The maximum atomic E-state index is 13.0. The Balaban J connectivity index is 1.97. The first-order chi connectivity index (χ1) is 12.3. The van der Waals surface area contributed by atoms with Crippen LogP contribution in [0.15, 0.2) is 30.5 Å². The van der Waals surface area contributed by atoms with Gasteiger partial charge in [0.25, 0.3) is 0 Å². The van der Waals surface area contributed by atoms with Gasteiger partial charge in [-0.15, -0.1) is 5.10 Å². The van der Waals surface area contributed by atoms with Crippen molar-refractivity contribution < 1.29 is 14.3 Å². The average Bonchev–Trinajstić information content (AvgIpc) is 3.01. The topological polar surface area (TPSA) is 89.3 Å². The number of hydrogen-bond acceptors (Lipinski definition) is 5. The van der Waals surface area contributed by atoms with Gasteiger partial charge in [-0.2, -0.15) is 0 Å². The largest absolute Gasteiger partial charge is 0.497 e. The normalized spacial score (nSPS) is 15.4. The molecular formula is C18H23N5O3. The van der Waals surface area contributed by atoms with Crippen molar-refractivity contribution in [2.75, 3.05) is 7.11 Å². The smallest absolute Gasteiger partial charge is 0.247 e. The van der Waals surface area contributed by atoms with Crippen LogP contribution in [0.25, 0.3) is 0 Å². The minimum Gasteiger partial charge on any atom is -0.497 e. The zero-order valence-corrected chi connectivity index (χ0v) is 15.4. The number of fused-ring (bicyclic) bond motifs is 1. The van der Waals surface area contributed by atoms with E-state index in [0.717, 1.165) is 11.3 Å². The summed E-state index contributed by atoms with van der Waals surface area (Å²) in [6.07, 6.45) is 1.62. The van der Waals surface area contributed by atoms with Crippen LogP contribution in [0.5, 0.6) is 5.75 Å². The van der Waals surface area contributed by atoms with Crippen LogP contribution in [0, 0.1) is 0 Å². The number of hydrogen-bond donors (Lipinski definition) is 1. The fourth-order valence-corrected chi connectivity index (χ4v) is 2.95. The predicted molar refractivity (Wildman–Crippen MR) is 94.2 cm³/mol. The van der Waals surface area contributed by atoms with Crippen molar-refractivity contribution in [3.05, 3.63) is 41.7 Å². The van der Waals surface area contributed by atoms with Crippen LogP contribution >= 0.6 is 0 Å². The van der Waals surface area contributed by atoms with Gasteiger partial charge in [-0.25, -0.2) is 4.68 Å². The highest BCUT2D eigenvalue weighted by Crippen LogP contribution is 2.28. The molecule has 1 aliphatic rings. The number of amides is 2. The van der Waals surface area contributed by atoms with E-state index in [9.17, 15) is 9.59 Å². The molecule has 1 atom stereocenters. The van der Waals surface area contributed by atoms with Crippen LogP contribution < -0.4 is 10.1 Å². The van der Waals surface area contributed by atoms with Gasteiger partial charge in [-0.1, -0.05) is 17.3 Å². The molecule has 2 amide bonds. The molecule has 1 N–H and O–H groups in total. The van der Waals surface area contributed by atoms with Crippen molar-refractivity contribution in [2.45, 2.75) is 45.4 Å². The molecule has 2 aromatic rings. The summed E-state index contributed by atoms with van der Waals surface area (Å²) < 4.78 is 6.75. The summed E-state index contributed by atoms with van der Waals surface area (Å²) in [5, 5.41) is 10.7. The van der Waals surface area contributed by atoms with Crippen molar-refractivity contribution in [1.29, 1.82) is 0 Å². The van der Waals surface area contributed by atoms with E-state index in [1.54, 1.807) is 35.0 Å². The number of nitrogens with one attached hydrogen (secondary N) is 1. The van der Waals surface area contributed by atoms with Gasteiger partial charge in [0.2, 0.25) is 11.8 Å². The highest BCUT2D eigenvalue weighted by atomic mass is 16.5. The zero-order valence-electron chi connectivity index (χ0n) is 15.4. The van der Waals surface area contributed by atoms with E-state index in [-0.39, 0.29) is 24.9 Å². The molecule has 0 bridgehead atoms. The van der Waals surface area contributed by atoms with Gasteiger partial charge in [-0.3, -0.25) is 9.59 Å². The first-order valence-electron chi connectivity index (χ1n) is 8.41. The van der Waals surface area contributed by atoms with Crippen LogP contribution in [0.1, 0.15) is 38.1 Å². The number of ether oxygens (including phenoxy) is 1. The van der Waals surface area contributed by atoms with Gasteiger partial charge < -0.3 is 15.0 Å².